The van der Waals surface area contributed by atoms with Crippen molar-refractivity contribution < 1.29 is 14.3 Å². The van der Waals surface area contributed by atoms with Crippen molar-refractivity contribution in [2.24, 2.45) is 5.73 Å². The van der Waals surface area contributed by atoms with Crippen LogP contribution in [-0.2, 0) is 0 Å². The van der Waals surface area contributed by atoms with Crippen molar-refractivity contribution in [1.82, 2.24) is 9.97 Å². The van der Waals surface area contributed by atoms with Crippen LogP contribution in [0.5, 0.6) is 11.6 Å². The zero-order chi connectivity index (χ0) is 9.84. The van der Waals surface area contributed by atoms with Crippen molar-refractivity contribution in [3.05, 3.63) is 6.33 Å². The van der Waals surface area contributed by atoms with Crippen LogP contribution >= 0.6 is 0 Å². The fraction of sp³-hybridized carbons (Fsp3) is 0.167. The molecule has 7 heteroatoms. The second-order valence-electron chi connectivity index (χ2n) is 2.02. The highest BCUT2D eigenvalue weighted by atomic mass is 16.6. The van der Waals surface area contributed by atoms with Gasteiger partial charge in [0.05, 0.1) is 7.11 Å². The number of hydrogen-bond acceptors (Lipinski definition) is 6. The summed E-state index contributed by atoms with van der Waals surface area (Å²) in [5.74, 6) is 0.0672. The normalized spacial score (nSPS) is 9.31. The summed E-state index contributed by atoms with van der Waals surface area (Å²) >= 11 is 0. The van der Waals surface area contributed by atoms with Crippen molar-refractivity contribution in [3.63, 3.8) is 0 Å². The molecule has 70 valence electrons. The van der Waals surface area contributed by atoms with Gasteiger partial charge < -0.3 is 20.9 Å². The van der Waals surface area contributed by atoms with Gasteiger partial charge in [-0.25, -0.2) is 9.78 Å². The van der Waals surface area contributed by atoms with Crippen LogP contribution in [0, 0.1) is 0 Å². The van der Waals surface area contributed by atoms with E-state index in [1.807, 2.05) is 0 Å². The molecule has 13 heavy (non-hydrogen) atoms. The molecule has 1 amide bonds. The molecular formula is C6H8N4O3. The van der Waals surface area contributed by atoms with E-state index in [2.05, 4.69) is 14.7 Å². The predicted molar refractivity (Wildman–Crippen MR) is 43.2 cm³/mol. The number of nitrogens with two attached hydrogens (primary N) is 2. The maximum Gasteiger partial charge on any atom is 0.411 e. The monoisotopic (exact) mass is 184 g/mol. The second-order valence-corrected chi connectivity index (χ2v) is 2.02. The minimum Gasteiger partial charge on any atom is -0.489 e. The molecular weight excluding hydrogens is 176 g/mol. The number of aromatic nitrogens is 2. The van der Waals surface area contributed by atoms with Crippen molar-refractivity contribution in [2.45, 2.75) is 0 Å². The van der Waals surface area contributed by atoms with Crippen molar-refractivity contribution in [3.8, 4) is 11.6 Å². The van der Waals surface area contributed by atoms with Crippen molar-refractivity contribution in [2.75, 3.05) is 12.8 Å². The molecule has 0 radical (unpaired) electrons. The number of primary amides is 1. The number of methoxy groups -OCH3 is 1. The summed E-state index contributed by atoms with van der Waals surface area (Å²) < 4.78 is 9.29. The Hall–Kier alpha value is -2.05. The number of nitrogens with zero attached hydrogens (tertiary/aromatic N) is 2. The fourth-order valence-corrected chi connectivity index (χ4v) is 0.730. The number of hydrogen-bond donors (Lipinski definition) is 2. The van der Waals surface area contributed by atoms with E-state index in [0.29, 0.717) is 0 Å². The number of amides is 1. The Morgan fingerprint density at radius 3 is 2.77 bits per heavy atom. The first-order chi connectivity index (χ1) is 6.15. The van der Waals surface area contributed by atoms with Gasteiger partial charge in [-0.3, -0.25) is 0 Å². The first-order valence-electron chi connectivity index (χ1n) is 3.27. The average molecular weight is 184 g/mol. The molecule has 7 nitrogen and oxygen atoms in total. The van der Waals surface area contributed by atoms with Crippen LogP contribution < -0.4 is 20.9 Å². The Kier molecular flexibility index (Phi) is 2.48. The first kappa shape index (κ1) is 9.04. The van der Waals surface area contributed by atoms with E-state index in [0.717, 1.165) is 6.33 Å². The van der Waals surface area contributed by atoms with Gasteiger partial charge in [-0.15, -0.1) is 0 Å². The van der Waals surface area contributed by atoms with Crippen molar-refractivity contribution >= 4 is 11.9 Å². The maximum absolute atomic E-state index is 10.4. The average Bonchev–Trinajstić information content (AvgIpc) is 2.03. The summed E-state index contributed by atoms with van der Waals surface area (Å²) in [6, 6.07) is 0. The number of anilines is 1. The Morgan fingerprint density at radius 1 is 1.54 bits per heavy atom. The molecule has 1 aromatic rings. The van der Waals surface area contributed by atoms with E-state index in [9.17, 15) is 4.79 Å². The van der Waals surface area contributed by atoms with Crippen LogP contribution in [0.2, 0.25) is 0 Å². The summed E-state index contributed by atoms with van der Waals surface area (Å²) in [5, 5.41) is 0. The van der Waals surface area contributed by atoms with E-state index in [-0.39, 0.29) is 17.4 Å². The number of carbonyl (C=O) groups excluding carboxylic acids is 1. The molecule has 0 fully saturated rings. The second kappa shape index (κ2) is 3.57. The summed E-state index contributed by atoms with van der Waals surface area (Å²) in [7, 11) is 1.35. The van der Waals surface area contributed by atoms with E-state index in [1.54, 1.807) is 0 Å². The molecule has 0 aliphatic carbocycles. The third-order valence-corrected chi connectivity index (χ3v) is 1.20. The fourth-order valence-electron chi connectivity index (χ4n) is 0.730. The number of carbonyl (C=O) groups is 1. The highest BCUT2D eigenvalue weighted by Crippen LogP contribution is 2.28. The van der Waals surface area contributed by atoms with Gasteiger partial charge in [0.2, 0.25) is 5.75 Å². The molecule has 0 aliphatic rings. The van der Waals surface area contributed by atoms with Gasteiger partial charge in [0.1, 0.15) is 6.33 Å². The maximum atomic E-state index is 10.4. The lowest BCUT2D eigenvalue weighted by molar-refractivity contribution is 0.206. The number of ether oxygens (including phenoxy) is 2. The van der Waals surface area contributed by atoms with Gasteiger partial charge >= 0.3 is 6.09 Å². The zero-order valence-electron chi connectivity index (χ0n) is 6.85. The summed E-state index contributed by atoms with van der Waals surface area (Å²) in [6.45, 7) is 0. The highest BCUT2D eigenvalue weighted by Gasteiger charge is 2.12. The van der Waals surface area contributed by atoms with Gasteiger partial charge in [-0.2, -0.15) is 4.98 Å². The molecule has 1 aromatic heterocycles. The Bertz CT molecular complexity index is 328. The van der Waals surface area contributed by atoms with Crippen LogP contribution in [0.15, 0.2) is 6.33 Å². The van der Waals surface area contributed by atoms with Crippen LogP contribution in [-0.4, -0.2) is 23.2 Å². The molecule has 0 spiro atoms. The summed E-state index contributed by atoms with van der Waals surface area (Å²) in [4.78, 5) is 17.6. The SMILES string of the molecule is COc1c(N)ncnc1OC(N)=O. The Balaban J connectivity index is 3.05. The highest BCUT2D eigenvalue weighted by molar-refractivity contribution is 5.69. The van der Waals surface area contributed by atoms with E-state index >= 15 is 0 Å². The smallest absolute Gasteiger partial charge is 0.411 e. The molecule has 0 atom stereocenters. The molecule has 1 rings (SSSR count). The van der Waals surface area contributed by atoms with E-state index < -0.39 is 6.09 Å². The van der Waals surface area contributed by atoms with E-state index in [1.165, 1.54) is 7.11 Å². The van der Waals surface area contributed by atoms with Crippen LogP contribution in [0.1, 0.15) is 0 Å². The number of rotatable bonds is 2. The van der Waals surface area contributed by atoms with Crippen LogP contribution in [0.4, 0.5) is 10.6 Å². The lowest BCUT2D eigenvalue weighted by Gasteiger charge is -2.06. The van der Waals surface area contributed by atoms with Gasteiger partial charge in [-0.05, 0) is 0 Å². The first-order valence-corrected chi connectivity index (χ1v) is 3.27. The van der Waals surface area contributed by atoms with Crippen LogP contribution in [0.3, 0.4) is 0 Å². The Morgan fingerprint density at radius 2 is 2.23 bits per heavy atom. The minimum atomic E-state index is -0.989. The standard InChI is InChI=1S/C6H8N4O3/c1-12-3-4(7)9-2-10-5(3)13-6(8)11/h2H,1H3,(H2,8,11)(H2,7,9,10). The molecule has 0 saturated carbocycles. The molecule has 0 saturated heterocycles. The lowest BCUT2D eigenvalue weighted by Crippen LogP contribution is -2.17. The molecule has 4 N–H and O–H groups in total. The van der Waals surface area contributed by atoms with Crippen LogP contribution in [0.25, 0.3) is 0 Å². The van der Waals surface area contributed by atoms with Gasteiger partial charge in [-0.1, -0.05) is 0 Å². The lowest BCUT2D eigenvalue weighted by atomic mass is 10.5. The minimum absolute atomic E-state index is 0.0775. The van der Waals surface area contributed by atoms with Gasteiger partial charge in [0.15, 0.2) is 5.82 Å². The molecule has 1 heterocycles. The molecule has 0 unspecified atom stereocenters. The third-order valence-electron chi connectivity index (χ3n) is 1.20. The molecule has 0 aliphatic heterocycles. The number of nitrogen functional groups attached to an aromatic ring is 1. The summed E-state index contributed by atoms with van der Waals surface area (Å²) in [6.07, 6.45) is 0.146. The quantitative estimate of drug-likeness (QED) is 0.641. The summed E-state index contributed by atoms with van der Waals surface area (Å²) in [5.41, 5.74) is 10.2. The van der Waals surface area contributed by atoms with Gasteiger partial charge in [0, 0.05) is 0 Å². The largest absolute Gasteiger partial charge is 0.489 e. The van der Waals surface area contributed by atoms with E-state index in [4.69, 9.17) is 16.2 Å². The predicted octanol–water partition coefficient (Wildman–Crippen LogP) is -0.475. The third kappa shape index (κ3) is 1.95. The molecule has 0 aromatic carbocycles. The molecule has 0 bridgehead atoms. The Labute approximate surface area is 73.7 Å². The van der Waals surface area contributed by atoms with Gasteiger partial charge in [0.25, 0.3) is 5.88 Å². The zero-order valence-corrected chi connectivity index (χ0v) is 6.85. The topological polar surface area (TPSA) is 113 Å². The van der Waals surface area contributed by atoms with Crippen molar-refractivity contribution in [1.29, 1.82) is 0 Å².